The monoisotopic (exact) mass is 313 g/mol. The molecule has 2 aliphatic rings. The average molecular weight is 313 g/mol. The number of aliphatic hydroxyl groups excluding tert-OH is 1. The number of hydrogen-bond acceptors (Lipinski definition) is 5. The zero-order valence-electron chi connectivity index (χ0n) is 13.9. The zero-order valence-corrected chi connectivity index (χ0v) is 13.9. The van der Waals surface area contributed by atoms with E-state index in [1.54, 1.807) is 0 Å². The summed E-state index contributed by atoms with van der Waals surface area (Å²) in [4.78, 5) is 14.3. The molecule has 2 saturated heterocycles. The normalized spacial score (nSPS) is 32.9. The highest BCUT2D eigenvalue weighted by Crippen LogP contribution is 2.21. The molecular formula is C16H31N3O3. The standard InChI is InChI=1S/C16H31N3O3/c1-12-10-13(11-15(20)22-12)19(2)9-5-8-18-16(21)14-6-3-4-7-17-14/h12-15,17,20H,3-11H2,1-2H3,(H,18,21)/t12-,13+,14+,15-/m1/s1. The Kier molecular flexibility index (Phi) is 7.08. The van der Waals surface area contributed by atoms with Gasteiger partial charge in [-0.1, -0.05) is 6.42 Å². The van der Waals surface area contributed by atoms with Gasteiger partial charge in [-0.2, -0.15) is 0 Å². The summed E-state index contributed by atoms with van der Waals surface area (Å²) in [6.45, 7) is 4.58. The fourth-order valence-electron chi connectivity index (χ4n) is 3.37. The summed E-state index contributed by atoms with van der Waals surface area (Å²) in [5.41, 5.74) is 0. The zero-order chi connectivity index (χ0) is 15.9. The van der Waals surface area contributed by atoms with Crippen molar-refractivity contribution in [1.82, 2.24) is 15.5 Å². The van der Waals surface area contributed by atoms with Crippen LogP contribution in [0, 0.1) is 0 Å². The van der Waals surface area contributed by atoms with Gasteiger partial charge in [0.1, 0.15) is 0 Å². The number of hydrogen-bond donors (Lipinski definition) is 3. The number of aliphatic hydroxyl groups is 1. The van der Waals surface area contributed by atoms with Crippen molar-refractivity contribution in [2.24, 2.45) is 0 Å². The van der Waals surface area contributed by atoms with E-state index < -0.39 is 6.29 Å². The van der Waals surface area contributed by atoms with Gasteiger partial charge < -0.3 is 25.4 Å². The van der Waals surface area contributed by atoms with E-state index in [9.17, 15) is 9.90 Å². The van der Waals surface area contributed by atoms with E-state index in [1.165, 1.54) is 6.42 Å². The van der Waals surface area contributed by atoms with Gasteiger partial charge in [-0.3, -0.25) is 4.79 Å². The molecule has 3 N–H and O–H groups in total. The molecule has 4 atom stereocenters. The summed E-state index contributed by atoms with van der Waals surface area (Å²) in [7, 11) is 2.08. The van der Waals surface area contributed by atoms with E-state index >= 15 is 0 Å². The summed E-state index contributed by atoms with van der Waals surface area (Å²) in [5, 5.41) is 16.0. The first kappa shape index (κ1) is 17.7. The van der Waals surface area contributed by atoms with E-state index in [-0.39, 0.29) is 18.1 Å². The molecule has 0 bridgehead atoms. The van der Waals surface area contributed by atoms with Crippen LogP contribution in [0.3, 0.4) is 0 Å². The Bertz CT molecular complexity index is 338. The van der Waals surface area contributed by atoms with Crippen LogP contribution in [0.4, 0.5) is 0 Å². The van der Waals surface area contributed by atoms with E-state index in [0.717, 1.165) is 38.8 Å². The van der Waals surface area contributed by atoms with Crippen LogP contribution in [0.1, 0.15) is 45.4 Å². The fraction of sp³-hybridized carbons (Fsp3) is 0.938. The van der Waals surface area contributed by atoms with Crippen molar-refractivity contribution in [2.75, 3.05) is 26.7 Å². The van der Waals surface area contributed by atoms with Crippen LogP contribution in [-0.2, 0) is 9.53 Å². The predicted molar refractivity (Wildman–Crippen MR) is 85.5 cm³/mol. The minimum absolute atomic E-state index is 0.00188. The molecule has 22 heavy (non-hydrogen) atoms. The molecule has 0 radical (unpaired) electrons. The molecule has 128 valence electrons. The van der Waals surface area contributed by atoms with Crippen LogP contribution in [-0.4, -0.2) is 67.1 Å². The lowest BCUT2D eigenvalue weighted by atomic mass is 10.0. The van der Waals surface area contributed by atoms with Crippen molar-refractivity contribution in [2.45, 2.75) is 69.9 Å². The average Bonchev–Trinajstić information content (AvgIpc) is 2.51. The van der Waals surface area contributed by atoms with Crippen molar-refractivity contribution >= 4 is 5.91 Å². The van der Waals surface area contributed by atoms with Gasteiger partial charge in [0.25, 0.3) is 0 Å². The quantitative estimate of drug-likeness (QED) is 0.621. The first-order chi connectivity index (χ1) is 10.6. The Hall–Kier alpha value is -0.690. The summed E-state index contributed by atoms with van der Waals surface area (Å²) in [6, 6.07) is 0.354. The van der Waals surface area contributed by atoms with Gasteiger partial charge in [-0.15, -0.1) is 0 Å². The Labute approximate surface area is 133 Å². The summed E-state index contributed by atoms with van der Waals surface area (Å²) >= 11 is 0. The van der Waals surface area contributed by atoms with Crippen LogP contribution >= 0.6 is 0 Å². The molecule has 0 aromatic rings. The van der Waals surface area contributed by atoms with Gasteiger partial charge in [0.15, 0.2) is 6.29 Å². The van der Waals surface area contributed by atoms with Gasteiger partial charge in [0.05, 0.1) is 12.1 Å². The van der Waals surface area contributed by atoms with Gasteiger partial charge in [0, 0.05) is 19.0 Å². The highest BCUT2D eigenvalue weighted by atomic mass is 16.6. The van der Waals surface area contributed by atoms with Crippen LogP contribution in [0.2, 0.25) is 0 Å². The largest absolute Gasteiger partial charge is 0.368 e. The van der Waals surface area contributed by atoms with Crippen LogP contribution in [0.5, 0.6) is 0 Å². The molecule has 0 unspecified atom stereocenters. The Balaban J connectivity index is 1.60. The van der Waals surface area contributed by atoms with Crippen LogP contribution in [0.25, 0.3) is 0 Å². The third-order valence-electron chi connectivity index (χ3n) is 4.70. The Morgan fingerprint density at radius 1 is 1.41 bits per heavy atom. The lowest BCUT2D eigenvalue weighted by Crippen LogP contribution is -2.47. The van der Waals surface area contributed by atoms with Crippen LogP contribution < -0.4 is 10.6 Å². The number of piperidine rings is 1. The lowest BCUT2D eigenvalue weighted by molar-refractivity contribution is -0.173. The molecule has 0 aromatic heterocycles. The van der Waals surface area contributed by atoms with E-state index in [2.05, 4.69) is 22.6 Å². The second-order valence-electron chi connectivity index (χ2n) is 6.65. The number of carbonyl (C=O) groups excluding carboxylic acids is 1. The maximum Gasteiger partial charge on any atom is 0.237 e. The molecule has 6 heteroatoms. The molecule has 2 aliphatic heterocycles. The molecule has 0 aliphatic carbocycles. The molecule has 6 nitrogen and oxygen atoms in total. The summed E-state index contributed by atoms with van der Waals surface area (Å²) < 4.78 is 5.36. The van der Waals surface area contributed by atoms with Gasteiger partial charge in [-0.05, 0) is 52.7 Å². The second kappa shape index (κ2) is 8.82. The molecule has 1 amide bonds. The third kappa shape index (κ3) is 5.50. The smallest absolute Gasteiger partial charge is 0.237 e. The van der Waals surface area contributed by atoms with Gasteiger partial charge >= 0.3 is 0 Å². The predicted octanol–water partition coefficient (Wildman–Crippen LogP) is 0.453. The molecule has 0 saturated carbocycles. The Morgan fingerprint density at radius 3 is 2.91 bits per heavy atom. The number of ether oxygens (including phenoxy) is 1. The lowest BCUT2D eigenvalue weighted by Gasteiger charge is -2.36. The van der Waals surface area contributed by atoms with Crippen molar-refractivity contribution < 1.29 is 14.6 Å². The molecule has 2 rings (SSSR count). The van der Waals surface area contributed by atoms with E-state index in [1.807, 2.05) is 6.92 Å². The SMILES string of the molecule is C[C@@H]1C[C@H](N(C)CCCNC(=O)[C@@H]2CCCCN2)C[C@H](O)O1. The molecule has 2 fully saturated rings. The van der Waals surface area contributed by atoms with Crippen molar-refractivity contribution in [1.29, 1.82) is 0 Å². The van der Waals surface area contributed by atoms with Crippen molar-refractivity contribution in [3.63, 3.8) is 0 Å². The number of nitrogens with one attached hydrogen (secondary N) is 2. The fourth-order valence-corrected chi connectivity index (χ4v) is 3.37. The first-order valence-corrected chi connectivity index (χ1v) is 8.61. The number of rotatable bonds is 6. The minimum atomic E-state index is -0.645. The first-order valence-electron chi connectivity index (χ1n) is 8.61. The van der Waals surface area contributed by atoms with E-state index in [4.69, 9.17) is 4.74 Å². The molecule has 0 spiro atoms. The minimum Gasteiger partial charge on any atom is -0.368 e. The van der Waals surface area contributed by atoms with Crippen LogP contribution in [0.15, 0.2) is 0 Å². The highest BCUT2D eigenvalue weighted by molar-refractivity contribution is 5.81. The maximum absolute atomic E-state index is 12.0. The highest BCUT2D eigenvalue weighted by Gasteiger charge is 2.28. The van der Waals surface area contributed by atoms with Gasteiger partial charge in [-0.25, -0.2) is 0 Å². The summed E-state index contributed by atoms with van der Waals surface area (Å²) in [6.07, 6.45) is 5.26. The summed E-state index contributed by atoms with van der Waals surface area (Å²) in [5.74, 6) is 0.137. The third-order valence-corrected chi connectivity index (χ3v) is 4.70. The maximum atomic E-state index is 12.0. The van der Waals surface area contributed by atoms with Crippen molar-refractivity contribution in [3.8, 4) is 0 Å². The second-order valence-corrected chi connectivity index (χ2v) is 6.65. The number of nitrogens with zero attached hydrogens (tertiary/aromatic N) is 1. The molecule has 0 aromatic carbocycles. The number of amides is 1. The Morgan fingerprint density at radius 2 is 2.23 bits per heavy atom. The number of carbonyl (C=O) groups is 1. The van der Waals surface area contributed by atoms with Gasteiger partial charge in [0.2, 0.25) is 5.91 Å². The topological polar surface area (TPSA) is 73.8 Å². The van der Waals surface area contributed by atoms with E-state index in [0.29, 0.717) is 19.0 Å². The molecule has 2 heterocycles. The molecular weight excluding hydrogens is 282 g/mol. The van der Waals surface area contributed by atoms with Crippen molar-refractivity contribution in [3.05, 3.63) is 0 Å².